The van der Waals surface area contributed by atoms with Crippen molar-refractivity contribution < 1.29 is 14.0 Å². The minimum Gasteiger partial charge on any atom is -0.371 e. The van der Waals surface area contributed by atoms with E-state index in [0.29, 0.717) is 29.8 Å². The highest BCUT2D eigenvalue weighted by molar-refractivity contribution is 5.99. The maximum atomic E-state index is 13.5. The van der Waals surface area contributed by atoms with E-state index in [2.05, 4.69) is 20.6 Å². The lowest BCUT2D eigenvalue weighted by Crippen LogP contribution is -2.55. The van der Waals surface area contributed by atoms with E-state index in [1.165, 1.54) is 0 Å². The van der Waals surface area contributed by atoms with Gasteiger partial charge in [0.1, 0.15) is 5.54 Å². The van der Waals surface area contributed by atoms with Crippen molar-refractivity contribution in [3.8, 4) is 11.4 Å². The molecule has 1 fully saturated rings. The van der Waals surface area contributed by atoms with E-state index < -0.39 is 17.3 Å². The van der Waals surface area contributed by atoms with Crippen LogP contribution >= 0.6 is 0 Å². The lowest BCUT2D eigenvalue weighted by Gasteiger charge is -2.26. The summed E-state index contributed by atoms with van der Waals surface area (Å²) in [5.41, 5.74) is 5.57. The van der Waals surface area contributed by atoms with E-state index in [4.69, 9.17) is 5.73 Å². The van der Waals surface area contributed by atoms with Crippen molar-refractivity contribution in [3.05, 3.63) is 41.8 Å². The van der Waals surface area contributed by atoms with Gasteiger partial charge in [0.15, 0.2) is 17.5 Å². The van der Waals surface area contributed by atoms with Crippen LogP contribution in [-0.4, -0.2) is 34.4 Å². The number of halogens is 1. The Hall–Kier alpha value is -3.03. The summed E-state index contributed by atoms with van der Waals surface area (Å²) in [7, 11) is 1.57. The van der Waals surface area contributed by atoms with Crippen molar-refractivity contribution in [2.45, 2.75) is 31.2 Å². The molecule has 1 aliphatic carbocycles. The van der Waals surface area contributed by atoms with E-state index in [0.717, 1.165) is 19.0 Å². The molecule has 2 aromatic rings. The fourth-order valence-corrected chi connectivity index (χ4v) is 3.15. The van der Waals surface area contributed by atoms with E-state index in [1.54, 1.807) is 31.3 Å². The molecule has 1 aromatic heterocycles. The van der Waals surface area contributed by atoms with Crippen LogP contribution < -0.4 is 16.4 Å². The first kappa shape index (κ1) is 17.8. The van der Waals surface area contributed by atoms with Crippen molar-refractivity contribution >= 4 is 17.6 Å². The van der Waals surface area contributed by atoms with E-state index >= 15 is 0 Å². The third kappa shape index (κ3) is 3.35. The van der Waals surface area contributed by atoms with Gasteiger partial charge in [-0.1, -0.05) is 25.0 Å². The SMILES string of the molecule is CNc1nc(-c2ccc(C(=O)NC3(C(N)=O)CCCC3)cc2)ncc1F. The van der Waals surface area contributed by atoms with Crippen molar-refractivity contribution in [3.63, 3.8) is 0 Å². The van der Waals surface area contributed by atoms with Crippen LogP contribution in [0.1, 0.15) is 36.0 Å². The van der Waals surface area contributed by atoms with Gasteiger partial charge < -0.3 is 16.4 Å². The van der Waals surface area contributed by atoms with Crippen molar-refractivity contribution in [1.29, 1.82) is 0 Å². The second kappa shape index (κ2) is 7.07. The van der Waals surface area contributed by atoms with E-state index in [1.807, 2.05) is 0 Å². The minimum atomic E-state index is -0.961. The van der Waals surface area contributed by atoms with E-state index in [9.17, 15) is 14.0 Å². The number of amides is 2. The summed E-state index contributed by atoms with van der Waals surface area (Å²) in [6.45, 7) is 0. The van der Waals surface area contributed by atoms with Crippen molar-refractivity contribution in [2.24, 2.45) is 5.73 Å². The third-order valence-electron chi connectivity index (χ3n) is 4.67. The predicted molar refractivity (Wildman–Crippen MR) is 94.8 cm³/mol. The molecule has 0 atom stereocenters. The zero-order valence-electron chi connectivity index (χ0n) is 14.4. The van der Waals surface area contributed by atoms with Gasteiger partial charge in [-0.25, -0.2) is 14.4 Å². The summed E-state index contributed by atoms with van der Waals surface area (Å²) >= 11 is 0. The average molecular weight is 357 g/mol. The summed E-state index contributed by atoms with van der Waals surface area (Å²) in [4.78, 5) is 32.3. The molecule has 1 heterocycles. The standard InChI is InChI=1S/C18H20FN5O2/c1-21-15-13(19)10-22-14(23-15)11-4-6-12(7-5-11)16(25)24-18(17(20)26)8-2-3-9-18/h4-7,10H,2-3,8-9H2,1H3,(H2,20,26)(H,24,25)(H,21,22,23). The number of carbonyl (C=O) groups excluding carboxylic acids is 2. The molecule has 1 aromatic carbocycles. The molecule has 7 nitrogen and oxygen atoms in total. The lowest BCUT2D eigenvalue weighted by molar-refractivity contribution is -0.123. The van der Waals surface area contributed by atoms with E-state index in [-0.39, 0.29) is 11.7 Å². The molecule has 1 aliphatic rings. The van der Waals surface area contributed by atoms with Crippen LogP contribution in [0.15, 0.2) is 30.5 Å². The normalized spacial score (nSPS) is 15.5. The Kier molecular flexibility index (Phi) is 4.83. The van der Waals surface area contributed by atoms with Gasteiger partial charge in [-0.15, -0.1) is 0 Å². The number of hydrogen-bond acceptors (Lipinski definition) is 5. The number of carbonyl (C=O) groups is 2. The number of primary amides is 1. The third-order valence-corrected chi connectivity index (χ3v) is 4.67. The first-order chi connectivity index (χ1) is 12.4. The van der Waals surface area contributed by atoms with Crippen LogP contribution in [0.4, 0.5) is 10.2 Å². The van der Waals surface area contributed by atoms with Gasteiger partial charge in [-0.05, 0) is 25.0 Å². The quantitative estimate of drug-likeness (QED) is 0.756. The first-order valence-corrected chi connectivity index (χ1v) is 8.38. The molecular formula is C18H20FN5O2. The molecule has 3 rings (SSSR count). The number of benzene rings is 1. The first-order valence-electron chi connectivity index (χ1n) is 8.38. The highest BCUT2D eigenvalue weighted by Gasteiger charge is 2.40. The number of nitrogens with one attached hydrogen (secondary N) is 2. The molecular weight excluding hydrogens is 337 g/mol. The molecule has 0 saturated heterocycles. The fourth-order valence-electron chi connectivity index (χ4n) is 3.15. The number of nitrogens with zero attached hydrogens (tertiary/aromatic N) is 2. The van der Waals surface area contributed by atoms with Crippen LogP contribution in [-0.2, 0) is 4.79 Å². The summed E-state index contributed by atoms with van der Waals surface area (Å²) < 4.78 is 13.5. The Morgan fingerprint density at radius 1 is 1.19 bits per heavy atom. The van der Waals surface area contributed by atoms with Crippen LogP contribution in [0.5, 0.6) is 0 Å². The van der Waals surface area contributed by atoms with Gasteiger partial charge in [-0.3, -0.25) is 9.59 Å². The zero-order valence-corrected chi connectivity index (χ0v) is 14.4. The summed E-state index contributed by atoms with van der Waals surface area (Å²) in [6.07, 6.45) is 3.92. The Morgan fingerprint density at radius 2 is 1.85 bits per heavy atom. The molecule has 8 heteroatoms. The molecule has 0 bridgehead atoms. The number of aromatic nitrogens is 2. The van der Waals surface area contributed by atoms with Crippen LogP contribution in [0, 0.1) is 5.82 Å². The number of hydrogen-bond donors (Lipinski definition) is 3. The Bertz CT molecular complexity index is 832. The van der Waals surface area contributed by atoms with Gasteiger partial charge >= 0.3 is 0 Å². The molecule has 26 heavy (non-hydrogen) atoms. The largest absolute Gasteiger partial charge is 0.371 e. The summed E-state index contributed by atoms with van der Waals surface area (Å²) in [5.74, 6) is -0.957. The Labute approximate surface area is 150 Å². The maximum absolute atomic E-state index is 13.5. The molecule has 0 aliphatic heterocycles. The minimum absolute atomic E-state index is 0.0986. The topological polar surface area (TPSA) is 110 Å². The molecule has 0 radical (unpaired) electrons. The molecule has 2 amide bonds. The fraction of sp³-hybridized carbons (Fsp3) is 0.333. The van der Waals surface area contributed by atoms with Gasteiger partial charge in [0.05, 0.1) is 6.20 Å². The lowest BCUT2D eigenvalue weighted by atomic mass is 9.96. The van der Waals surface area contributed by atoms with Gasteiger partial charge in [0, 0.05) is 18.2 Å². The van der Waals surface area contributed by atoms with Gasteiger partial charge in [0.25, 0.3) is 5.91 Å². The molecule has 136 valence electrons. The van der Waals surface area contributed by atoms with Crippen LogP contribution in [0.25, 0.3) is 11.4 Å². The van der Waals surface area contributed by atoms with Crippen LogP contribution in [0.3, 0.4) is 0 Å². The average Bonchev–Trinajstić information content (AvgIpc) is 3.12. The number of rotatable bonds is 5. The maximum Gasteiger partial charge on any atom is 0.252 e. The molecule has 0 spiro atoms. The second-order valence-corrected chi connectivity index (χ2v) is 6.33. The smallest absolute Gasteiger partial charge is 0.252 e. The van der Waals surface area contributed by atoms with Crippen molar-refractivity contribution in [1.82, 2.24) is 15.3 Å². The van der Waals surface area contributed by atoms with Crippen molar-refractivity contribution in [2.75, 3.05) is 12.4 Å². The number of nitrogens with two attached hydrogens (primary N) is 1. The zero-order chi connectivity index (χ0) is 18.7. The summed E-state index contributed by atoms with van der Waals surface area (Å²) in [6, 6.07) is 6.57. The Balaban J connectivity index is 1.79. The van der Waals surface area contributed by atoms with Gasteiger partial charge in [-0.2, -0.15) is 0 Å². The second-order valence-electron chi connectivity index (χ2n) is 6.33. The predicted octanol–water partition coefficient (Wildman–Crippen LogP) is 1.85. The molecule has 4 N–H and O–H groups in total. The Morgan fingerprint density at radius 3 is 2.42 bits per heavy atom. The number of anilines is 1. The molecule has 0 unspecified atom stereocenters. The molecule has 1 saturated carbocycles. The highest BCUT2D eigenvalue weighted by atomic mass is 19.1. The van der Waals surface area contributed by atoms with Crippen LogP contribution in [0.2, 0.25) is 0 Å². The monoisotopic (exact) mass is 357 g/mol. The van der Waals surface area contributed by atoms with Gasteiger partial charge in [0.2, 0.25) is 5.91 Å². The highest BCUT2D eigenvalue weighted by Crippen LogP contribution is 2.30. The summed E-state index contributed by atoms with van der Waals surface area (Å²) in [5, 5.41) is 5.44.